The second kappa shape index (κ2) is 7.59. The Morgan fingerprint density at radius 3 is 2.52 bits per heavy atom. The molecule has 1 amide bonds. The Morgan fingerprint density at radius 2 is 2.00 bits per heavy atom. The number of aromatic nitrogens is 3. The zero-order valence-electron chi connectivity index (χ0n) is 14.0. The number of nitrogens with zero attached hydrogens (tertiary/aromatic N) is 3. The lowest BCUT2D eigenvalue weighted by Crippen LogP contribution is -2.59. The number of carbonyl (C=O) groups is 1. The normalized spacial score (nSPS) is 13.9. The predicted octanol–water partition coefficient (Wildman–Crippen LogP) is -0.368. The van der Waals surface area contributed by atoms with Gasteiger partial charge in [-0.2, -0.15) is 9.82 Å². The van der Waals surface area contributed by atoms with Crippen LogP contribution in [0.1, 0.15) is 6.92 Å². The van der Waals surface area contributed by atoms with Crippen molar-refractivity contribution >= 4 is 15.9 Å². The number of amides is 1. The molecule has 1 heterocycles. The van der Waals surface area contributed by atoms with Crippen LogP contribution in [0.5, 0.6) is 5.75 Å². The van der Waals surface area contributed by atoms with Crippen molar-refractivity contribution in [3.8, 4) is 11.4 Å². The number of rotatable bonds is 8. The molecule has 0 bridgehead atoms. The Bertz CT molecular complexity index is 807. The maximum Gasteiger partial charge on any atom is 0.268 e. The van der Waals surface area contributed by atoms with Crippen LogP contribution in [0.4, 0.5) is 0 Å². The monoisotopic (exact) mass is 369 g/mol. The summed E-state index contributed by atoms with van der Waals surface area (Å²) < 4.78 is 32.5. The van der Waals surface area contributed by atoms with Crippen LogP contribution in [-0.4, -0.2) is 54.6 Å². The quantitative estimate of drug-likeness (QED) is 0.608. The van der Waals surface area contributed by atoms with Crippen molar-refractivity contribution in [1.82, 2.24) is 25.0 Å². The van der Waals surface area contributed by atoms with Crippen LogP contribution in [0.15, 0.2) is 36.9 Å². The first-order valence-corrected chi connectivity index (χ1v) is 9.03. The van der Waals surface area contributed by atoms with Crippen molar-refractivity contribution < 1.29 is 22.8 Å². The molecule has 10 nitrogen and oxygen atoms in total. The van der Waals surface area contributed by atoms with Gasteiger partial charge in [0.05, 0.1) is 19.1 Å². The highest BCUT2D eigenvalue weighted by Crippen LogP contribution is 2.17. The van der Waals surface area contributed by atoms with E-state index in [9.17, 15) is 13.2 Å². The van der Waals surface area contributed by atoms with E-state index in [2.05, 4.69) is 25.1 Å². The average Bonchev–Trinajstić information content (AvgIpc) is 3.06. The number of hydrogen-bond donors (Lipinski definition) is 2. The molecule has 0 aliphatic heterocycles. The lowest BCUT2D eigenvalue weighted by atomic mass is 10.1. The summed E-state index contributed by atoms with van der Waals surface area (Å²) in [6.45, 7) is 1.16. The molecule has 25 heavy (non-hydrogen) atoms. The van der Waals surface area contributed by atoms with E-state index < -0.39 is 21.5 Å². The third kappa shape index (κ3) is 5.24. The van der Waals surface area contributed by atoms with Gasteiger partial charge in [-0.25, -0.2) is 23.6 Å². The minimum absolute atomic E-state index is 0.238. The Balaban J connectivity index is 2.10. The molecule has 0 saturated carbocycles. The summed E-state index contributed by atoms with van der Waals surface area (Å²) in [7, 11) is -2.40. The Morgan fingerprint density at radius 1 is 1.32 bits per heavy atom. The first-order chi connectivity index (χ1) is 11.7. The van der Waals surface area contributed by atoms with E-state index >= 15 is 0 Å². The van der Waals surface area contributed by atoms with Crippen LogP contribution in [-0.2, 0) is 19.7 Å². The van der Waals surface area contributed by atoms with Crippen LogP contribution in [0.2, 0.25) is 0 Å². The fourth-order valence-electron chi connectivity index (χ4n) is 2.02. The van der Waals surface area contributed by atoms with Crippen LogP contribution in [0.25, 0.3) is 5.69 Å². The second-order valence-electron chi connectivity index (χ2n) is 5.46. The molecule has 1 unspecified atom stereocenters. The highest BCUT2D eigenvalue weighted by atomic mass is 32.2. The molecule has 0 saturated heterocycles. The molecule has 0 spiro atoms. The van der Waals surface area contributed by atoms with Crippen molar-refractivity contribution in [2.45, 2.75) is 12.5 Å². The summed E-state index contributed by atoms with van der Waals surface area (Å²) in [5, 5.41) is 4.01. The number of nitrogens with one attached hydrogen (secondary N) is 2. The number of sulfonamides is 1. The molecule has 0 aliphatic carbocycles. The van der Waals surface area contributed by atoms with Gasteiger partial charge in [0, 0.05) is 0 Å². The maximum absolute atomic E-state index is 12.1. The summed E-state index contributed by atoms with van der Waals surface area (Å²) in [4.78, 5) is 20.5. The molecule has 2 N–H and O–H groups in total. The molecule has 2 rings (SSSR count). The fraction of sp³-hybridized carbons (Fsp3) is 0.357. The van der Waals surface area contributed by atoms with Gasteiger partial charge in [-0.3, -0.25) is 9.63 Å². The number of ether oxygens (including phenoxy) is 1. The molecule has 1 atom stereocenters. The van der Waals surface area contributed by atoms with Gasteiger partial charge >= 0.3 is 0 Å². The van der Waals surface area contributed by atoms with E-state index in [0.29, 0.717) is 5.75 Å². The number of hydroxylamine groups is 1. The maximum atomic E-state index is 12.1. The van der Waals surface area contributed by atoms with E-state index in [4.69, 9.17) is 4.74 Å². The number of hydrogen-bond acceptors (Lipinski definition) is 7. The SMILES string of the molecule is CONC(=O)C(C)(COc1ccc(-n2cncn2)cc1)NS(C)(=O)=O. The van der Waals surface area contributed by atoms with Crippen LogP contribution >= 0.6 is 0 Å². The van der Waals surface area contributed by atoms with Crippen molar-refractivity contribution in [2.24, 2.45) is 0 Å². The third-order valence-corrected chi connectivity index (χ3v) is 3.98. The zero-order valence-corrected chi connectivity index (χ0v) is 14.8. The van der Waals surface area contributed by atoms with Gasteiger partial charge < -0.3 is 4.74 Å². The zero-order chi connectivity index (χ0) is 18.5. The van der Waals surface area contributed by atoms with Gasteiger partial charge in [0.15, 0.2) is 0 Å². The molecule has 11 heteroatoms. The Kier molecular flexibility index (Phi) is 5.72. The van der Waals surface area contributed by atoms with Crippen molar-refractivity contribution in [2.75, 3.05) is 20.0 Å². The topological polar surface area (TPSA) is 124 Å². The molecule has 1 aromatic carbocycles. The first kappa shape index (κ1) is 18.8. The van der Waals surface area contributed by atoms with Gasteiger partial charge in [0.25, 0.3) is 5.91 Å². The minimum atomic E-state index is -3.65. The van der Waals surface area contributed by atoms with Gasteiger partial charge in [0.2, 0.25) is 10.0 Å². The standard InChI is InChI=1S/C14H19N5O5S/c1-14(13(20)17-23-2,18-25(3,21)22)8-24-12-6-4-11(5-7-12)19-10-15-9-16-19/h4-7,9-10,18H,8H2,1-3H3,(H,17,20). The van der Waals surface area contributed by atoms with E-state index in [0.717, 1.165) is 11.9 Å². The summed E-state index contributed by atoms with van der Waals surface area (Å²) in [6.07, 6.45) is 3.93. The van der Waals surface area contributed by atoms with Gasteiger partial charge in [0.1, 0.15) is 30.5 Å². The minimum Gasteiger partial charge on any atom is -0.491 e. The first-order valence-electron chi connectivity index (χ1n) is 7.14. The van der Waals surface area contributed by atoms with Crippen molar-refractivity contribution in [1.29, 1.82) is 0 Å². The highest BCUT2D eigenvalue weighted by Gasteiger charge is 2.37. The Labute approximate surface area is 145 Å². The smallest absolute Gasteiger partial charge is 0.268 e. The summed E-state index contributed by atoms with van der Waals surface area (Å²) >= 11 is 0. The molecule has 0 radical (unpaired) electrons. The highest BCUT2D eigenvalue weighted by molar-refractivity contribution is 7.88. The van der Waals surface area contributed by atoms with E-state index in [-0.39, 0.29) is 6.61 Å². The molecule has 2 aromatic rings. The summed E-state index contributed by atoms with van der Waals surface area (Å²) in [5.74, 6) is -0.227. The molecule has 0 fully saturated rings. The molecule has 136 valence electrons. The van der Waals surface area contributed by atoms with Gasteiger partial charge in [-0.05, 0) is 31.2 Å². The van der Waals surface area contributed by atoms with Crippen LogP contribution in [0.3, 0.4) is 0 Å². The van der Waals surface area contributed by atoms with Crippen molar-refractivity contribution in [3.63, 3.8) is 0 Å². The lowest BCUT2D eigenvalue weighted by Gasteiger charge is -2.27. The average molecular weight is 369 g/mol. The van der Waals surface area contributed by atoms with E-state index in [1.807, 2.05) is 0 Å². The van der Waals surface area contributed by atoms with Gasteiger partial charge in [-0.1, -0.05) is 0 Å². The van der Waals surface area contributed by atoms with Crippen LogP contribution in [0, 0.1) is 0 Å². The van der Waals surface area contributed by atoms with Gasteiger partial charge in [-0.15, -0.1) is 0 Å². The number of benzene rings is 1. The van der Waals surface area contributed by atoms with Crippen molar-refractivity contribution in [3.05, 3.63) is 36.9 Å². The number of carbonyl (C=O) groups excluding carboxylic acids is 1. The summed E-state index contributed by atoms with van der Waals surface area (Å²) in [6, 6.07) is 6.85. The molecular weight excluding hydrogens is 350 g/mol. The summed E-state index contributed by atoms with van der Waals surface area (Å²) in [5.41, 5.74) is 1.34. The van der Waals surface area contributed by atoms with E-state index in [1.54, 1.807) is 35.3 Å². The molecular formula is C14H19N5O5S. The van der Waals surface area contributed by atoms with E-state index in [1.165, 1.54) is 20.4 Å². The fourth-order valence-corrected chi connectivity index (χ4v) is 2.99. The van der Waals surface area contributed by atoms with Crippen LogP contribution < -0.4 is 14.9 Å². The predicted molar refractivity (Wildman–Crippen MR) is 88.4 cm³/mol. The third-order valence-electron chi connectivity index (χ3n) is 3.15. The molecule has 1 aromatic heterocycles. The second-order valence-corrected chi connectivity index (χ2v) is 7.21. The Hall–Kier alpha value is -2.50. The molecule has 0 aliphatic rings. The largest absolute Gasteiger partial charge is 0.491 e. The lowest BCUT2D eigenvalue weighted by molar-refractivity contribution is -0.138.